The van der Waals surface area contributed by atoms with Crippen molar-refractivity contribution in [3.05, 3.63) is 11.6 Å². The number of allylic oxidation sites excluding steroid dienone is 2. The average molecular weight is 319 g/mol. The maximum Gasteiger partial charge on any atom is 0.311 e. The first-order valence-electron chi connectivity index (χ1n) is 9.59. The first-order valence-corrected chi connectivity index (χ1v) is 9.59. The highest BCUT2D eigenvalue weighted by atomic mass is 16.5. The summed E-state index contributed by atoms with van der Waals surface area (Å²) in [5.41, 5.74) is 2.10. The van der Waals surface area contributed by atoms with E-state index in [9.17, 15) is 4.79 Å². The van der Waals surface area contributed by atoms with Gasteiger partial charge in [-0.3, -0.25) is 4.79 Å². The van der Waals surface area contributed by atoms with Crippen LogP contribution < -0.4 is 0 Å². The molecule has 0 spiro atoms. The zero-order chi connectivity index (χ0) is 16.9. The molecule has 0 aromatic heterocycles. The molecule has 0 unspecified atom stereocenters. The van der Waals surface area contributed by atoms with Crippen LogP contribution in [0.1, 0.15) is 79.1 Å². The minimum absolute atomic E-state index is 0.0232. The molecule has 23 heavy (non-hydrogen) atoms. The van der Waals surface area contributed by atoms with E-state index in [1.165, 1.54) is 32.1 Å². The van der Waals surface area contributed by atoms with Crippen LogP contribution in [0.2, 0.25) is 0 Å². The maximum absolute atomic E-state index is 12.6. The molecule has 2 saturated carbocycles. The number of hydrogen-bond donors (Lipinski definition) is 0. The number of rotatable bonds is 2. The van der Waals surface area contributed by atoms with E-state index in [1.54, 1.807) is 12.7 Å². The van der Waals surface area contributed by atoms with Gasteiger partial charge in [0.05, 0.1) is 12.5 Å². The van der Waals surface area contributed by atoms with Crippen LogP contribution in [0.5, 0.6) is 0 Å². The first-order chi connectivity index (χ1) is 10.8. The van der Waals surface area contributed by atoms with Gasteiger partial charge in [0.25, 0.3) is 0 Å². The molecule has 0 bridgehead atoms. The summed E-state index contributed by atoms with van der Waals surface area (Å²) in [6.45, 7) is 9.39. The molecular weight excluding hydrogens is 284 g/mol. The van der Waals surface area contributed by atoms with E-state index in [2.05, 4.69) is 33.8 Å². The highest BCUT2D eigenvalue weighted by molar-refractivity contribution is 5.77. The summed E-state index contributed by atoms with van der Waals surface area (Å²) in [7, 11) is 1.56. The summed E-state index contributed by atoms with van der Waals surface area (Å²) in [5.74, 6) is 1.18. The van der Waals surface area contributed by atoms with Gasteiger partial charge in [-0.05, 0) is 74.5 Å². The molecule has 2 fully saturated rings. The predicted octanol–water partition coefficient (Wildman–Crippen LogP) is 5.52. The molecule has 130 valence electrons. The topological polar surface area (TPSA) is 26.3 Å². The van der Waals surface area contributed by atoms with E-state index in [1.807, 2.05) is 0 Å². The van der Waals surface area contributed by atoms with Gasteiger partial charge in [0, 0.05) is 0 Å². The smallest absolute Gasteiger partial charge is 0.311 e. The van der Waals surface area contributed by atoms with Crippen molar-refractivity contribution in [3.8, 4) is 0 Å². The Morgan fingerprint density at radius 3 is 2.61 bits per heavy atom. The van der Waals surface area contributed by atoms with Crippen LogP contribution in [0.4, 0.5) is 0 Å². The summed E-state index contributed by atoms with van der Waals surface area (Å²) in [5, 5.41) is 0. The van der Waals surface area contributed by atoms with Crippen molar-refractivity contribution in [2.45, 2.75) is 79.1 Å². The van der Waals surface area contributed by atoms with Crippen LogP contribution in [0.15, 0.2) is 11.6 Å². The van der Waals surface area contributed by atoms with Crippen LogP contribution in [0.25, 0.3) is 0 Å². The van der Waals surface area contributed by atoms with E-state index in [0.29, 0.717) is 17.3 Å². The van der Waals surface area contributed by atoms with Gasteiger partial charge in [-0.2, -0.15) is 0 Å². The summed E-state index contributed by atoms with van der Waals surface area (Å²) in [6.07, 6.45) is 12.2. The molecule has 0 aliphatic heterocycles. The van der Waals surface area contributed by atoms with E-state index < -0.39 is 0 Å². The lowest BCUT2D eigenvalue weighted by molar-refractivity contribution is -0.168. The second kappa shape index (κ2) is 5.63. The summed E-state index contributed by atoms with van der Waals surface area (Å²) < 4.78 is 5.22. The Balaban J connectivity index is 1.96. The molecule has 0 amide bonds. The monoisotopic (exact) mass is 318 g/mol. The minimum Gasteiger partial charge on any atom is -0.469 e. The SMILES string of the molecule is CC[C@]1(C)C=C2CC[C@@H]3[C@](C)(CCC[C@@]3(C)C(=O)OC)[C@H]2CC1. The Kier molecular flexibility index (Phi) is 4.18. The molecule has 3 rings (SSSR count). The number of fused-ring (bicyclic) bond motifs is 3. The third-order valence-electron chi connectivity index (χ3n) is 7.94. The van der Waals surface area contributed by atoms with E-state index >= 15 is 0 Å². The molecule has 5 atom stereocenters. The molecule has 0 saturated heterocycles. The highest BCUT2D eigenvalue weighted by Gasteiger charge is 2.58. The molecular formula is C21H34O2. The number of carbonyl (C=O) groups excluding carboxylic acids is 1. The van der Waals surface area contributed by atoms with E-state index in [0.717, 1.165) is 19.3 Å². The normalized spacial score (nSPS) is 46.4. The molecule has 0 heterocycles. The number of esters is 1. The predicted molar refractivity (Wildman–Crippen MR) is 94.0 cm³/mol. The lowest BCUT2D eigenvalue weighted by Gasteiger charge is -2.59. The molecule has 2 nitrogen and oxygen atoms in total. The standard InChI is InChI=1S/C21H34O2/c1-6-19(2)13-10-16-15(14-19)8-9-17-20(16,3)11-7-12-21(17,4)18(22)23-5/h14,16-17H,6-13H2,1-5H3/t16-,17+,19-,20+,21+/m0/s1. The second-order valence-electron chi connectivity index (χ2n) is 9.18. The van der Waals surface area contributed by atoms with Crippen molar-refractivity contribution in [2.75, 3.05) is 7.11 Å². The number of hydrogen-bond acceptors (Lipinski definition) is 2. The van der Waals surface area contributed by atoms with Crippen LogP contribution >= 0.6 is 0 Å². The molecule has 0 radical (unpaired) electrons. The number of ether oxygens (including phenoxy) is 1. The zero-order valence-corrected chi connectivity index (χ0v) is 15.7. The summed E-state index contributed by atoms with van der Waals surface area (Å²) in [4.78, 5) is 12.6. The van der Waals surface area contributed by atoms with E-state index in [-0.39, 0.29) is 16.8 Å². The third kappa shape index (κ3) is 2.48. The van der Waals surface area contributed by atoms with Gasteiger partial charge < -0.3 is 4.74 Å². The number of carbonyl (C=O) groups is 1. The largest absolute Gasteiger partial charge is 0.469 e. The summed E-state index contributed by atoms with van der Waals surface area (Å²) in [6, 6.07) is 0. The van der Waals surface area contributed by atoms with E-state index in [4.69, 9.17) is 4.74 Å². The highest BCUT2D eigenvalue weighted by Crippen LogP contribution is 2.64. The van der Waals surface area contributed by atoms with Gasteiger partial charge in [0.1, 0.15) is 0 Å². The van der Waals surface area contributed by atoms with Crippen LogP contribution in [0, 0.1) is 28.1 Å². The lowest BCUT2D eigenvalue weighted by atomic mass is 9.45. The molecule has 3 aliphatic rings. The molecule has 0 aromatic rings. The first kappa shape index (κ1) is 17.0. The van der Waals surface area contributed by atoms with Gasteiger partial charge >= 0.3 is 5.97 Å². The molecule has 3 aliphatic carbocycles. The third-order valence-corrected chi connectivity index (χ3v) is 7.94. The fourth-order valence-electron chi connectivity index (χ4n) is 6.32. The Morgan fingerprint density at radius 2 is 1.96 bits per heavy atom. The number of methoxy groups -OCH3 is 1. The maximum atomic E-state index is 12.6. The van der Waals surface area contributed by atoms with Crippen molar-refractivity contribution in [2.24, 2.45) is 28.1 Å². The van der Waals surface area contributed by atoms with Gasteiger partial charge in [0.15, 0.2) is 0 Å². The quantitative estimate of drug-likeness (QED) is 0.495. The lowest BCUT2D eigenvalue weighted by Crippen LogP contribution is -2.54. The van der Waals surface area contributed by atoms with Gasteiger partial charge in [-0.1, -0.05) is 38.8 Å². The van der Waals surface area contributed by atoms with Crippen molar-refractivity contribution in [3.63, 3.8) is 0 Å². The minimum atomic E-state index is -0.279. The fourth-order valence-corrected chi connectivity index (χ4v) is 6.32. The van der Waals surface area contributed by atoms with Crippen molar-refractivity contribution < 1.29 is 9.53 Å². The summed E-state index contributed by atoms with van der Waals surface area (Å²) >= 11 is 0. The zero-order valence-electron chi connectivity index (χ0n) is 15.7. The van der Waals surface area contributed by atoms with Gasteiger partial charge in [-0.15, -0.1) is 0 Å². The fraction of sp³-hybridized carbons (Fsp3) is 0.857. The Hall–Kier alpha value is -0.790. The van der Waals surface area contributed by atoms with Crippen LogP contribution in [0.3, 0.4) is 0 Å². The van der Waals surface area contributed by atoms with Crippen LogP contribution in [-0.2, 0) is 9.53 Å². The second-order valence-corrected chi connectivity index (χ2v) is 9.18. The molecule has 0 N–H and O–H groups in total. The van der Waals surface area contributed by atoms with Crippen LogP contribution in [-0.4, -0.2) is 13.1 Å². The van der Waals surface area contributed by atoms with Crippen molar-refractivity contribution in [1.82, 2.24) is 0 Å². The Morgan fingerprint density at radius 1 is 1.22 bits per heavy atom. The van der Waals surface area contributed by atoms with Crippen molar-refractivity contribution in [1.29, 1.82) is 0 Å². The van der Waals surface area contributed by atoms with Gasteiger partial charge in [0.2, 0.25) is 0 Å². The molecule has 2 heteroatoms. The molecule has 0 aromatic carbocycles. The van der Waals surface area contributed by atoms with Gasteiger partial charge in [-0.25, -0.2) is 0 Å². The average Bonchev–Trinajstić information content (AvgIpc) is 2.53. The Labute approximate surface area is 142 Å². The van der Waals surface area contributed by atoms with Crippen molar-refractivity contribution >= 4 is 5.97 Å². The Bertz CT molecular complexity index is 522.